The second kappa shape index (κ2) is 11.6. The van der Waals surface area contributed by atoms with Crippen molar-refractivity contribution < 1.29 is 14.2 Å². The van der Waals surface area contributed by atoms with E-state index in [2.05, 4.69) is 30.3 Å². The number of hydrogen-bond acceptors (Lipinski definition) is 10. The number of nitrogens with one attached hydrogen (secondary N) is 1. The van der Waals surface area contributed by atoms with Gasteiger partial charge in [0, 0.05) is 26.2 Å². The molecule has 2 aliphatic heterocycles. The van der Waals surface area contributed by atoms with E-state index in [0.29, 0.717) is 50.9 Å². The standard InChI is InChI=1S/C25H29N7O3/c1-2-4-21(5-3-1)19-35-22-8-6-20(7-9-22)18-26-30-23-27-24(31-10-14-33-15-11-31)29-25(28-23)32-12-16-34-17-13-32/h1-9,18H,10-17,19H2,(H,27,28,29,30)/b26-18+. The summed E-state index contributed by atoms with van der Waals surface area (Å²) in [6.45, 7) is 6.14. The maximum absolute atomic E-state index is 5.85. The molecule has 0 spiro atoms. The zero-order valence-corrected chi connectivity index (χ0v) is 19.5. The predicted molar refractivity (Wildman–Crippen MR) is 134 cm³/mol. The van der Waals surface area contributed by atoms with Gasteiger partial charge in [-0.3, -0.25) is 0 Å². The van der Waals surface area contributed by atoms with Crippen LogP contribution >= 0.6 is 0 Å². The highest BCUT2D eigenvalue weighted by Crippen LogP contribution is 2.19. The smallest absolute Gasteiger partial charge is 0.250 e. The zero-order chi connectivity index (χ0) is 23.7. The molecular formula is C25H29N7O3. The maximum atomic E-state index is 5.85. The molecule has 182 valence electrons. The van der Waals surface area contributed by atoms with Gasteiger partial charge in [-0.15, -0.1) is 0 Å². The predicted octanol–water partition coefficient (Wildman–Crippen LogP) is 2.57. The molecule has 0 saturated carbocycles. The Balaban J connectivity index is 1.24. The van der Waals surface area contributed by atoms with E-state index in [1.54, 1.807) is 6.21 Å². The molecule has 2 aliphatic rings. The van der Waals surface area contributed by atoms with Crippen LogP contribution in [0.4, 0.5) is 17.8 Å². The third-order valence-electron chi connectivity index (χ3n) is 5.71. The Hall–Kier alpha value is -3.76. The van der Waals surface area contributed by atoms with Crippen molar-refractivity contribution in [2.75, 3.05) is 67.8 Å². The monoisotopic (exact) mass is 475 g/mol. The quantitative estimate of drug-likeness (QED) is 0.389. The van der Waals surface area contributed by atoms with Crippen LogP contribution in [0.25, 0.3) is 0 Å². The fourth-order valence-electron chi connectivity index (χ4n) is 3.77. The molecule has 5 rings (SSSR count). The number of ether oxygens (including phenoxy) is 3. The summed E-state index contributed by atoms with van der Waals surface area (Å²) >= 11 is 0. The lowest BCUT2D eigenvalue weighted by atomic mass is 10.2. The van der Waals surface area contributed by atoms with Crippen molar-refractivity contribution in [2.24, 2.45) is 5.10 Å². The normalized spacial score (nSPS) is 16.5. The van der Waals surface area contributed by atoms with Crippen LogP contribution in [0.1, 0.15) is 11.1 Å². The Morgan fingerprint density at radius 1 is 0.800 bits per heavy atom. The Kier molecular flexibility index (Phi) is 7.61. The van der Waals surface area contributed by atoms with Crippen LogP contribution < -0.4 is 20.0 Å². The molecule has 3 aromatic rings. The van der Waals surface area contributed by atoms with Crippen LogP contribution in [0.5, 0.6) is 5.75 Å². The van der Waals surface area contributed by atoms with Gasteiger partial charge in [0.1, 0.15) is 12.4 Å². The highest BCUT2D eigenvalue weighted by atomic mass is 16.5. The van der Waals surface area contributed by atoms with E-state index in [1.807, 2.05) is 54.6 Å². The van der Waals surface area contributed by atoms with Crippen LogP contribution in [-0.2, 0) is 16.1 Å². The summed E-state index contributed by atoms with van der Waals surface area (Å²) in [7, 11) is 0. The van der Waals surface area contributed by atoms with E-state index in [4.69, 9.17) is 19.2 Å². The minimum atomic E-state index is 0.405. The lowest BCUT2D eigenvalue weighted by Crippen LogP contribution is -2.40. The first-order chi connectivity index (χ1) is 17.3. The Morgan fingerprint density at radius 3 is 2.00 bits per heavy atom. The van der Waals surface area contributed by atoms with E-state index in [1.165, 1.54) is 0 Å². The molecule has 35 heavy (non-hydrogen) atoms. The second-order valence-electron chi connectivity index (χ2n) is 8.17. The van der Waals surface area contributed by atoms with Crippen LogP contribution in [-0.4, -0.2) is 73.8 Å². The van der Waals surface area contributed by atoms with Gasteiger partial charge < -0.3 is 24.0 Å². The number of rotatable bonds is 8. The lowest BCUT2D eigenvalue weighted by Gasteiger charge is -2.30. The number of aromatic nitrogens is 3. The van der Waals surface area contributed by atoms with Gasteiger partial charge in [-0.25, -0.2) is 5.43 Å². The summed E-state index contributed by atoms with van der Waals surface area (Å²) in [6, 6.07) is 17.9. The SMILES string of the molecule is C(=N\Nc1nc(N2CCOCC2)nc(N2CCOCC2)n1)/c1ccc(OCc2ccccc2)cc1. The van der Waals surface area contributed by atoms with Gasteiger partial charge in [-0.2, -0.15) is 20.1 Å². The zero-order valence-electron chi connectivity index (χ0n) is 19.5. The first-order valence-electron chi connectivity index (χ1n) is 11.8. The molecule has 0 unspecified atom stereocenters. The van der Waals surface area contributed by atoms with Crippen LogP contribution in [0.2, 0.25) is 0 Å². The highest BCUT2D eigenvalue weighted by molar-refractivity contribution is 5.80. The van der Waals surface area contributed by atoms with E-state index < -0.39 is 0 Å². The van der Waals surface area contributed by atoms with Gasteiger partial charge in [-0.05, 0) is 35.4 Å². The number of benzene rings is 2. The highest BCUT2D eigenvalue weighted by Gasteiger charge is 2.20. The van der Waals surface area contributed by atoms with Crippen LogP contribution in [0.15, 0.2) is 59.7 Å². The Labute approximate surface area is 204 Å². The molecule has 2 fully saturated rings. The van der Waals surface area contributed by atoms with Gasteiger partial charge in [0.2, 0.25) is 17.8 Å². The third-order valence-corrected chi connectivity index (χ3v) is 5.71. The second-order valence-corrected chi connectivity index (χ2v) is 8.17. The summed E-state index contributed by atoms with van der Waals surface area (Å²) in [5.74, 6) is 2.47. The third kappa shape index (κ3) is 6.43. The van der Waals surface area contributed by atoms with E-state index in [-0.39, 0.29) is 0 Å². The van der Waals surface area contributed by atoms with E-state index >= 15 is 0 Å². The number of morpholine rings is 2. The Bertz CT molecular complexity index is 1060. The lowest BCUT2D eigenvalue weighted by molar-refractivity contribution is 0.121. The molecule has 0 bridgehead atoms. The van der Waals surface area contributed by atoms with Crippen LogP contribution in [0, 0.1) is 0 Å². The number of hydrogen-bond donors (Lipinski definition) is 1. The first-order valence-corrected chi connectivity index (χ1v) is 11.8. The molecule has 3 heterocycles. The Morgan fingerprint density at radius 2 is 1.40 bits per heavy atom. The fourth-order valence-corrected chi connectivity index (χ4v) is 3.77. The van der Waals surface area contributed by atoms with E-state index in [0.717, 1.165) is 43.1 Å². The molecule has 10 heteroatoms. The van der Waals surface area contributed by atoms with Crippen molar-refractivity contribution >= 4 is 24.1 Å². The van der Waals surface area contributed by atoms with Gasteiger partial charge in [0.25, 0.3) is 0 Å². The van der Waals surface area contributed by atoms with Crippen molar-refractivity contribution in [2.45, 2.75) is 6.61 Å². The summed E-state index contributed by atoms with van der Waals surface area (Å²) in [5.41, 5.74) is 5.04. The summed E-state index contributed by atoms with van der Waals surface area (Å²) in [5, 5.41) is 4.35. The summed E-state index contributed by atoms with van der Waals surface area (Å²) in [4.78, 5) is 18.1. The molecule has 0 atom stereocenters. The van der Waals surface area contributed by atoms with Crippen molar-refractivity contribution in [3.63, 3.8) is 0 Å². The van der Waals surface area contributed by atoms with E-state index in [9.17, 15) is 0 Å². The number of anilines is 3. The molecule has 2 aromatic carbocycles. The molecule has 1 aromatic heterocycles. The number of nitrogens with zero attached hydrogens (tertiary/aromatic N) is 6. The minimum absolute atomic E-state index is 0.405. The molecule has 0 amide bonds. The van der Waals surface area contributed by atoms with Crippen molar-refractivity contribution in [1.82, 2.24) is 15.0 Å². The van der Waals surface area contributed by atoms with Crippen molar-refractivity contribution in [3.8, 4) is 5.75 Å². The summed E-state index contributed by atoms with van der Waals surface area (Å²) < 4.78 is 16.8. The number of hydrazone groups is 1. The molecule has 10 nitrogen and oxygen atoms in total. The van der Waals surface area contributed by atoms with Gasteiger partial charge in [-0.1, -0.05) is 30.3 Å². The minimum Gasteiger partial charge on any atom is -0.489 e. The molecule has 1 N–H and O–H groups in total. The van der Waals surface area contributed by atoms with Crippen LogP contribution in [0.3, 0.4) is 0 Å². The average molecular weight is 476 g/mol. The maximum Gasteiger partial charge on any atom is 0.250 e. The first kappa shape index (κ1) is 23.0. The van der Waals surface area contributed by atoms with Crippen molar-refractivity contribution in [1.29, 1.82) is 0 Å². The van der Waals surface area contributed by atoms with Crippen molar-refractivity contribution in [3.05, 3.63) is 65.7 Å². The van der Waals surface area contributed by atoms with Gasteiger partial charge >= 0.3 is 0 Å². The fraction of sp³-hybridized carbons (Fsp3) is 0.360. The molecule has 0 radical (unpaired) electrons. The largest absolute Gasteiger partial charge is 0.489 e. The topological polar surface area (TPSA) is 97.2 Å². The van der Waals surface area contributed by atoms with Gasteiger partial charge in [0.05, 0.1) is 32.6 Å². The molecule has 2 saturated heterocycles. The van der Waals surface area contributed by atoms with Gasteiger partial charge in [0.15, 0.2) is 0 Å². The molecule has 0 aliphatic carbocycles. The molecular weight excluding hydrogens is 446 g/mol. The summed E-state index contributed by atoms with van der Waals surface area (Å²) in [6.07, 6.45) is 1.73. The average Bonchev–Trinajstić information content (AvgIpc) is 2.94.